The van der Waals surface area contributed by atoms with Crippen molar-refractivity contribution in [3.63, 3.8) is 0 Å². The van der Waals surface area contributed by atoms with Gasteiger partial charge in [0.05, 0.1) is 12.3 Å². The summed E-state index contributed by atoms with van der Waals surface area (Å²) < 4.78 is 6.02. The first-order chi connectivity index (χ1) is 13.2. The summed E-state index contributed by atoms with van der Waals surface area (Å²) in [7, 11) is 0. The van der Waals surface area contributed by atoms with E-state index < -0.39 is 0 Å². The van der Waals surface area contributed by atoms with Crippen LogP contribution in [0.2, 0.25) is 0 Å². The molecule has 0 aliphatic carbocycles. The molecule has 4 aromatic rings. The van der Waals surface area contributed by atoms with Gasteiger partial charge >= 0.3 is 0 Å². The molecular formula is C25H21NO. The summed E-state index contributed by atoms with van der Waals surface area (Å²) in [6.07, 6.45) is 2.88. The molecule has 0 amide bonds. The number of benzene rings is 3. The number of para-hydroxylation sites is 1. The van der Waals surface area contributed by atoms with Crippen LogP contribution in [0, 0.1) is 0 Å². The monoisotopic (exact) mass is 351 g/mol. The number of pyridine rings is 1. The van der Waals surface area contributed by atoms with Crippen LogP contribution in [0.5, 0.6) is 5.75 Å². The van der Waals surface area contributed by atoms with E-state index in [0.29, 0.717) is 6.61 Å². The maximum Gasteiger partial charge on any atom is 0.123 e. The predicted octanol–water partition coefficient (Wildman–Crippen LogP) is 5.79. The molecule has 132 valence electrons. The third kappa shape index (κ3) is 2.69. The van der Waals surface area contributed by atoms with Crippen LogP contribution in [0.1, 0.15) is 18.1 Å². The summed E-state index contributed by atoms with van der Waals surface area (Å²) in [6, 6.07) is 27.4. The Balaban J connectivity index is 1.70. The molecule has 0 fully saturated rings. The Bertz CT molecular complexity index is 1120. The molecule has 0 N–H and O–H groups in total. The highest BCUT2D eigenvalue weighted by molar-refractivity contribution is 5.90. The Labute approximate surface area is 159 Å². The van der Waals surface area contributed by atoms with E-state index in [1.807, 2.05) is 18.3 Å². The van der Waals surface area contributed by atoms with Crippen molar-refractivity contribution in [1.29, 1.82) is 0 Å². The molecule has 0 radical (unpaired) electrons. The van der Waals surface area contributed by atoms with Gasteiger partial charge in [-0.2, -0.15) is 0 Å². The van der Waals surface area contributed by atoms with Gasteiger partial charge < -0.3 is 4.74 Å². The van der Waals surface area contributed by atoms with Crippen molar-refractivity contribution in [2.24, 2.45) is 0 Å². The first kappa shape index (κ1) is 16.1. The lowest BCUT2D eigenvalue weighted by atomic mass is 9.77. The van der Waals surface area contributed by atoms with Crippen molar-refractivity contribution < 1.29 is 4.74 Å². The van der Waals surface area contributed by atoms with Crippen molar-refractivity contribution in [1.82, 2.24) is 4.98 Å². The van der Waals surface area contributed by atoms with Gasteiger partial charge in [0.25, 0.3) is 0 Å². The number of fused-ring (bicyclic) bond motifs is 2. The largest absolute Gasteiger partial charge is 0.492 e. The highest BCUT2D eigenvalue weighted by atomic mass is 16.5. The number of rotatable bonds is 3. The molecule has 27 heavy (non-hydrogen) atoms. The minimum absolute atomic E-state index is 0.0636. The van der Waals surface area contributed by atoms with Crippen LogP contribution >= 0.6 is 0 Å². The molecule has 2 heteroatoms. The number of ether oxygens (including phenoxy) is 1. The minimum atomic E-state index is -0.0636. The second-order valence-electron chi connectivity index (χ2n) is 7.56. The fourth-order valence-electron chi connectivity index (χ4n) is 4.19. The lowest BCUT2D eigenvalue weighted by Gasteiger charge is -2.25. The van der Waals surface area contributed by atoms with Crippen LogP contribution in [0.3, 0.4) is 0 Å². The summed E-state index contributed by atoms with van der Waals surface area (Å²) in [6.45, 7) is 3.00. The van der Waals surface area contributed by atoms with Gasteiger partial charge in [0.15, 0.2) is 0 Å². The van der Waals surface area contributed by atoms with Gasteiger partial charge in [-0.15, -0.1) is 0 Å². The van der Waals surface area contributed by atoms with E-state index in [4.69, 9.17) is 9.72 Å². The average Bonchev–Trinajstić information content (AvgIpc) is 3.06. The first-order valence-electron chi connectivity index (χ1n) is 9.39. The Morgan fingerprint density at radius 3 is 2.52 bits per heavy atom. The number of hydrogen-bond acceptors (Lipinski definition) is 2. The molecule has 1 aromatic heterocycles. The van der Waals surface area contributed by atoms with Crippen LogP contribution in [0.4, 0.5) is 0 Å². The SMILES string of the molecule is CC1(Cc2c(-c3ccccc3)ncc3ccccc23)COc2ccccc21. The first-order valence-corrected chi connectivity index (χ1v) is 9.39. The molecule has 0 saturated carbocycles. The van der Waals surface area contributed by atoms with E-state index in [1.54, 1.807) is 0 Å². The number of hydrogen-bond donors (Lipinski definition) is 0. The molecule has 1 aliphatic heterocycles. The van der Waals surface area contributed by atoms with Crippen molar-refractivity contribution in [3.8, 4) is 17.0 Å². The van der Waals surface area contributed by atoms with E-state index >= 15 is 0 Å². The Hall–Kier alpha value is -3.13. The summed E-state index contributed by atoms with van der Waals surface area (Å²) in [4.78, 5) is 4.87. The molecule has 0 spiro atoms. The van der Waals surface area contributed by atoms with Crippen LogP contribution in [0.15, 0.2) is 85.1 Å². The van der Waals surface area contributed by atoms with Gasteiger partial charge in [-0.3, -0.25) is 4.98 Å². The van der Waals surface area contributed by atoms with Crippen molar-refractivity contribution in [2.45, 2.75) is 18.8 Å². The summed E-state index contributed by atoms with van der Waals surface area (Å²) in [5.74, 6) is 1.01. The molecule has 1 aliphatic rings. The highest BCUT2D eigenvalue weighted by Crippen LogP contribution is 2.43. The molecule has 0 saturated heterocycles. The van der Waals surface area contributed by atoms with Crippen LogP contribution in [-0.4, -0.2) is 11.6 Å². The van der Waals surface area contributed by atoms with Gasteiger partial charge in [0, 0.05) is 28.1 Å². The van der Waals surface area contributed by atoms with E-state index in [9.17, 15) is 0 Å². The van der Waals surface area contributed by atoms with Gasteiger partial charge in [-0.05, 0) is 23.4 Å². The minimum Gasteiger partial charge on any atom is -0.492 e. The number of aromatic nitrogens is 1. The van der Waals surface area contributed by atoms with Crippen molar-refractivity contribution >= 4 is 10.8 Å². The van der Waals surface area contributed by atoms with E-state index in [2.05, 4.69) is 73.7 Å². The molecular weight excluding hydrogens is 330 g/mol. The van der Waals surface area contributed by atoms with E-state index in [-0.39, 0.29) is 5.41 Å². The number of nitrogens with zero attached hydrogens (tertiary/aromatic N) is 1. The molecule has 5 rings (SSSR count). The molecule has 0 bridgehead atoms. The third-order valence-electron chi connectivity index (χ3n) is 5.60. The summed E-state index contributed by atoms with van der Waals surface area (Å²) >= 11 is 0. The van der Waals surface area contributed by atoms with Crippen LogP contribution in [0.25, 0.3) is 22.0 Å². The fraction of sp³-hybridized carbons (Fsp3) is 0.160. The van der Waals surface area contributed by atoms with Gasteiger partial charge in [-0.1, -0.05) is 79.7 Å². The quantitative estimate of drug-likeness (QED) is 0.466. The smallest absolute Gasteiger partial charge is 0.123 e. The van der Waals surface area contributed by atoms with E-state index in [1.165, 1.54) is 21.9 Å². The third-order valence-corrected chi connectivity index (χ3v) is 5.60. The lowest BCUT2D eigenvalue weighted by Crippen LogP contribution is -2.27. The normalized spacial score (nSPS) is 18.3. The lowest BCUT2D eigenvalue weighted by molar-refractivity contribution is 0.277. The maximum absolute atomic E-state index is 6.02. The molecule has 1 atom stereocenters. The van der Waals surface area contributed by atoms with Crippen molar-refractivity contribution in [2.75, 3.05) is 6.61 Å². The zero-order valence-corrected chi connectivity index (χ0v) is 15.4. The maximum atomic E-state index is 6.02. The fourth-order valence-corrected chi connectivity index (χ4v) is 4.19. The summed E-state index contributed by atoms with van der Waals surface area (Å²) in [5.41, 5.74) is 4.75. The Morgan fingerprint density at radius 2 is 1.63 bits per heavy atom. The molecule has 2 heterocycles. The summed E-state index contributed by atoms with van der Waals surface area (Å²) in [5, 5.41) is 2.46. The molecule has 2 nitrogen and oxygen atoms in total. The van der Waals surface area contributed by atoms with E-state index in [0.717, 1.165) is 23.4 Å². The molecule has 3 aromatic carbocycles. The average molecular weight is 351 g/mol. The standard InChI is InChI=1S/C25H21NO/c1-25(17-27-23-14-8-7-13-22(23)25)15-21-20-12-6-5-11-19(20)16-26-24(21)18-9-3-2-4-10-18/h2-14,16H,15,17H2,1H3. The van der Waals surface area contributed by atoms with Crippen LogP contribution in [-0.2, 0) is 11.8 Å². The Kier molecular flexibility index (Phi) is 3.71. The second kappa shape index (κ2) is 6.24. The zero-order valence-electron chi connectivity index (χ0n) is 15.4. The van der Waals surface area contributed by atoms with Gasteiger partial charge in [-0.25, -0.2) is 0 Å². The van der Waals surface area contributed by atoms with Crippen molar-refractivity contribution in [3.05, 3.63) is 96.2 Å². The Morgan fingerprint density at radius 1 is 0.889 bits per heavy atom. The van der Waals surface area contributed by atoms with Gasteiger partial charge in [0.2, 0.25) is 0 Å². The molecule has 1 unspecified atom stereocenters. The topological polar surface area (TPSA) is 22.1 Å². The highest BCUT2D eigenvalue weighted by Gasteiger charge is 2.37. The van der Waals surface area contributed by atoms with Gasteiger partial charge in [0.1, 0.15) is 5.75 Å². The van der Waals surface area contributed by atoms with Crippen LogP contribution < -0.4 is 4.74 Å². The zero-order chi connectivity index (χ0) is 18.3. The predicted molar refractivity (Wildman–Crippen MR) is 110 cm³/mol. The second-order valence-corrected chi connectivity index (χ2v) is 7.56.